The SMILES string of the molecule is CCS(=O)(=O)CCCC(O)C1(OC)CCCC(C)C1. The normalized spacial score (nSPS) is 30.2. The topological polar surface area (TPSA) is 63.6 Å². The fourth-order valence-electron chi connectivity index (χ4n) is 3.07. The van der Waals surface area contributed by atoms with Crippen LogP contribution in [0.4, 0.5) is 0 Å². The molecule has 0 saturated heterocycles. The van der Waals surface area contributed by atoms with Crippen LogP contribution in [0.5, 0.6) is 0 Å². The average Bonchev–Trinajstić information content (AvgIpc) is 2.38. The number of ether oxygens (including phenoxy) is 1. The van der Waals surface area contributed by atoms with Gasteiger partial charge in [-0.2, -0.15) is 0 Å². The van der Waals surface area contributed by atoms with Crippen LogP contribution in [0, 0.1) is 5.92 Å². The van der Waals surface area contributed by atoms with Gasteiger partial charge in [-0.15, -0.1) is 0 Å². The van der Waals surface area contributed by atoms with Gasteiger partial charge in [0.2, 0.25) is 0 Å². The van der Waals surface area contributed by atoms with Gasteiger partial charge in [0.1, 0.15) is 9.84 Å². The van der Waals surface area contributed by atoms with Gasteiger partial charge in [-0.1, -0.05) is 26.7 Å². The van der Waals surface area contributed by atoms with Crippen LogP contribution < -0.4 is 0 Å². The molecule has 1 aliphatic carbocycles. The molecular weight excluding hydrogens is 264 g/mol. The first-order valence-electron chi connectivity index (χ1n) is 7.29. The summed E-state index contributed by atoms with van der Waals surface area (Å²) in [5.41, 5.74) is -0.465. The molecule has 1 N–H and O–H groups in total. The Morgan fingerprint density at radius 3 is 2.68 bits per heavy atom. The maximum absolute atomic E-state index is 11.4. The van der Waals surface area contributed by atoms with Crippen molar-refractivity contribution in [1.29, 1.82) is 0 Å². The molecule has 0 aromatic heterocycles. The first-order valence-corrected chi connectivity index (χ1v) is 9.11. The van der Waals surface area contributed by atoms with Crippen molar-refractivity contribution in [2.75, 3.05) is 18.6 Å². The van der Waals surface area contributed by atoms with Crippen LogP contribution in [0.15, 0.2) is 0 Å². The fourth-order valence-corrected chi connectivity index (χ4v) is 3.97. The predicted molar refractivity (Wildman–Crippen MR) is 76.9 cm³/mol. The Labute approximate surface area is 117 Å². The first-order chi connectivity index (χ1) is 8.85. The molecule has 4 nitrogen and oxygen atoms in total. The van der Waals surface area contributed by atoms with E-state index in [1.165, 1.54) is 6.42 Å². The largest absolute Gasteiger partial charge is 0.390 e. The van der Waals surface area contributed by atoms with Gasteiger partial charge in [0.05, 0.1) is 17.5 Å². The Morgan fingerprint density at radius 1 is 1.47 bits per heavy atom. The van der Waals surface area contributed by atoms with Crippen LogP contribution in [-0.2, 0) is 14.6 Å². The van der Waals surface area contributed by atoms with E-state index in [2.05, 4.69) is 6.92 Å². The maximum atomic E-state index is 11.4. The number of aliphatic hydroxyl groups excluding tert-OH is 1. The van der Waals surface area contributed by atoms with Gasteiger partial charge in [0.15, 0.2) is 0 Å². The minimum atomic E-state index is -2.94. The predicted octanol–water partition coefficient (Wildman–Crippen LogP) is 2.16. The summed E-state index contributed by atoms with van der Waals surface area (Å²) in [6.45, 7) is 3.84. The van der Waals surface area contributed by atoms with E-state index in [9.17, 15) is 13.5 Å². The van der Waals surface area contributed by atoms with Gasteiger partial charge < -0.3 is 9.84 Å². The highest BCUT2D eigenvalue weighted by Crippen LogP contribution is 2.38. The second kappa shape index (κ2) is 7.04. The summed E-state index contributed by atoms with van der Waals surface area (Å²) in [7, 11) is -1.28. The van der Waals surface area contributed by atoms with Crippen molar-refractivity contribution in [2.45, 2.75) is 64.1 Å². The molecule has 19 heavy (non-hydrogen) atoms. The molecule has 0 bridgehead atoms. The third-order valence-corrected chi connectivity index (χ3v) is 6.17. The molecule has 0 aromatic carbocycles. The summed E-state index contributed by atoms with van der Waals surface area (Å²) < 4.78 is 28.5. The van der Waals surface area contributed by atoms with Crippen molar-refractivity contribution in [3.63, 3.8) is 0 Å². The summed E-state index contributed by atoms with van der Waals surface area (Å²) in [5.74, 6) is 0.897. The lowest BCUT2D eigenvalue weighted by atomic mass is 9.74. The molecule has 3 atom stereocenters. The van der Waals surface area contributed by atoms with Crippen molar-refractivity contribution in [3.8, 4) is 0 Å². The van der Waals surface area contributed by atoms with E-state index in [1.807, 2.05) is 0 Å². The summed E-state index contributed by atoms with van der Waals surface area (Å²) >= 11 is 0. The Morgan fingerprint density at radius 2 is 2.16 bits per heavy atom. The summed E-state index contributed by atoms with van der Waals surface area (Å²) in [6, 6.07) is 0. The lowest BCUT2D eigenvalue weighted by molar-refractivity contribution is -0.133. The minimum absolute atomic E-state index is 0.163. The zero-order chi connectivity index (χ0) is 14.5. The molecule has 0 heterocycles. The lowest BCUT2D eigenvalue weighted by Crippen LogP contribution is -2.47. The van der Waals surface area contributed by atoms with E-state index in [4.69, 9.17) is 4.74 Å². The van der Waals surface area contributed by atoms with Gasteiger partial charge in [0, 0.05) is 12.9 Å². The Hall–Kier alpha value is -0.130. The van der Waals surface area contributed by atoms with Crippen LogP contribution in [0.1, 0.15) is 52.4 Å². The second-order valence-corrected chi connectivity index (χ2v) is 8.34. The Kier molecular flexibility index (Phi) is 6.27. The number of hydrogen-bond acceptors (Lipinski definition) is 4. The summed E-state index contributed by atoms with van der Waals surface area (Å²) in [6.07, 6.45) is 4.44. The zero-order valence-electron chi connectivity index (χ0n) is 12.4. The van der Waals surface area contributed by atoms with E-state index >= 15 is 0 Å². The first kappa shape index (κ1) is 16.9. The third kappa shape index (κ3) is 4.72. The van der Waals surface area contributed by atoms with E-state index in [0.29, 0.717) is 18.8 Å². The van der Waals surface area contributed by atoms with Crippen LogP contribution >= 0.6 is 0 Å². The zero-order valence-corrected chi connectivity index (χ0v) is 13.2. The molecule has 3 unspecified atom stereocenters. The van der Waals surface area contributed by atoms with Crippen LogP contribution in [0.3, 0.4) is 0 Å². The molecule has 0 spiro atoms. The van der Waals surface area contributed by atoms with E-state index in [1.54, 1.807) is 14.0 Å². The molecular formula is C14H28O4S. The summed E-state index contributed by atoms with van der Waals surface area (Å²) in [5, 5.41) is 10.4. The van der Waals surface area contributed by atoms with Gasteiger partial charge >= 0.3 is 0 Å². The Bertz CT molecular complexity index is 366. The van der Waals surface area contributed by atoms with E-state index < -0.39 is 21.5 Å². The van der Waals surface area contributed by atoms with Crippen molar-refractivity contribution < 1.29 is 18.3 Å². The average molecular weight is 292 g/mol. The molecule has 0 aromatic rings. The van der Waals surface area contributed by atoms with E-state index in [0.717, 1.165) is 19.3 Å². The van der Waals surface area contributed by atoms with Gasteiger partial charge in [-0.25, -0.2) is 8.42 Å². The van der Waals surface area contributed by atoms with Crippen LogP contribution in [-0.4, -0.2) is 43.8 Å². The summed E-state index contributed by atoms with van der Waals surface area (Å²) in [4.78, 5) is 0. The fraction of sp³-hybridized carbons (Fsp3) is 1.00. The standard InChI is InChI=1S/C14H28O4S/c1-4-19(16,17)10-6-8-13(15)14(18-3)9-5-7-12(2)11-14/h12-13,15H,4-11H2,1-3H3. The number of hydrogen-bond donors (Lipinski definition) is 1. The van der Waals surface area contributed by atoms with Crippen molar-refractivity contribution in [3.05, 3.63) is 0 Å². The highest BCUT2D eigenvalue weighted by Gasteiger charge is 2.41. The number of sulfone groups is 1. The smallest absolute Gasteiger partial charge is 0.150 e. The molecule has 1 saturated carbocycles. The number of aliphatic hydroxyl groups is 1. The second-order valence-electron chi connectivity index (χ2n) is 5.86. The maximum Gasteiger partial charge on any atom is 0.150 e. The van der Waals surface area contributed by atoms with Gasteiger partial charge in [0.25, 0.3) is 0 Å². The van der Waals surface area contributed by atoms with Crippen LogP contribution in [0.2, 0.25) is 0 Å². The molecule has 5 heteroatoms. The van der Waals surface area contributed by atoms with Crippen molar-refractivity contribution >= 4 is 9.84 Å². The van der Waals surface area contributed by atoms with Gasteiger partial charge in [-0.3, -0.25) is 0 Å². The third-order valence-electron chi connectivity index (χ3n) is 4.38. The Balaban J connectivity index is 2.52. The lowest BCUT2D eigenvalue weighted by Gasteiger charge is -2.42. The highest BCUT2D eigenvalue weighted by atomic mass is 32.2. The van der Waals surface area contributed by atoms with Crippen molar-refractivity contribution in [1.82, 2.24) is 0 Å². The molecule has 0 amide bonds. The number of rotatable bonds is 7. The highest BCUT2D eigenvalue weighted by molar-refractivity contribution is 7.91. The quantitative estimate of drug-likeness (QED) is 0.781. The van der Waals surface area contributed by atoms with E-state index in [-0.39, 0.29) is 11.5 Å². The number of methoxy groups -OCH3 is 1. The van der Waals surface area contributed by atoms with Crippen molar-refractivity contribution in [2.24, 2.45) is 5.92 Å². The van der Waals surface area contributed by atoms with Crippen LogP contribution in [0.25, 0.3) is 0 Å². The molecule has 1 rings (SSSR count). The monoisotopic (exact) mass is 292 g/mol. The molecule has 1 fully saturated rings. The molecule has 0 aliphatic heterocycles. The molecule has 114 valence electrons. The molecule has 0 radical (unpaired) electrons. The van der Waals surface area contributed by atoms with Gasteiger partial charge in [-0.05, 0) is 31.6 Å². The molecule has 1 aliphatic rings. The minimum Gasteiger partial charge on any atom is -0.390 e.